The second kappa shape index (κ2) is 6.68. The van der Waals surface area contributed by atoms with Crippen LogP contribution in [-0.4, -0.2) is 31.4 Å². The van der Waals surface area contributed by atoms with Crippen LogP contribution in [-0.2, 0) is 14.8 Å². The van der Waals surface area contributed by atoms with Crippen LogP contribution in [0.1, 0.15) is 30.6 Å². The van der Waals surface area contributed by atoms with Gasteiger partial charge in [-0.25, -0.2) is 18.4 Å². The van der Waals surface area contributed by atoms with Crippen LogP contribution in [0, 0.1) is 5.92 Å². The molecule has 1 rings (SSSR count). The van der Waals surface area contributed by atoms with E-state index in [0.29, 0.717) is 6.42 Å². The number of carboxylic acids is 1. The zero-order valence-electron chi connectivity index (χ0n) is 11.7. The first-order chi connectivity index (χ1) is 9.61. The number of carbonyl (C=O) groups excluding carboxylic acids is 1. The molecule has 0 saturated heterocycles. The second-order valence-electron chi connectivity index (χ2n) is 5.06. The van der Waals surface area contributed by atoms with Crippen molar-refractivity contribution in [3.05, 3.63) is 29.8 Å². The molecule has 8 heteroatoms. The summed E-state index contributed by atoms with van der Waals surface area (Å²) in [6.45, 7) is 3.70. The molecule has 1 aromatic carbocycles. The summed E-state index contributed by atoms with van der Waals surface area (Å²) in [7, 11) is -3.82. The van der Waals surface area contributed by atoms with Gasteiger partial charge in [0.05, 0.1) is 4.90 Å². The number of aliphatic carboxylic acids is 1. The Morgan fingerprint density at radius 3 is 2.14 bits per heavy atom. The molecule has 0 radical (unpaired) electrons. The summed E-state index contributed by atoms with van der Waals surface area (Å²) in [5, 5.41) is 16.4. The van der Waals surface area contributed by atoms with Crippen molar-refractivity contribution in [3.63, 3.8) is 0 Å². The molecule has 0 aliphatic heterocycles. The quantitative estimate of drug-likeness (QED) is 0.707. The first kappa shape index (κ1) is 17.1. The molecule has 4 N–H and O–H groups in total. The van der Waals surface area contributed by atoms with Gasteiger partial charge in [-0.1, -0.05) is 13.8 Å². The van der Waals surface area contributed by atoms with E-state index < -0.39 is 27.9 Å². The summed E-state index contributed by atoms with van der Waals surface area (Å²) >= 11 is 0. The molecule has 7 nitrogen and oxygen atoms in total. The number of amides is 1. The number of nitrogens with two attached hydrogens (primary N) is 1. The van der Waals surface area contributed by atoms with Crippen molar-refractivity contribution in [2.75, 3.05) is 0 Å². The van der Waals surface area contributed by atoms with Gasteiger partial charge in [-0.05, 0) is 36.6 Å². The normalized spacial score (nSPS) is 13.0. The van der Waals surface area contributed by atoms with Crippen LogP contribution in [0.15, 0.2) is 29.2 Å². The van der Waals surface area contributed by atoms with E-state index in [2.05, 4.69) is 5.32 Å². The first-order valence-electron chi connectivity index (χ1n) is 6.27. The number of nitrogens with one attached hydrogen (secondary N) is 1. The minimum atomic E-state index is -3.82. The number of hydrogen-bond acceptors (Lipinski definition) is 4. The van der Waals surface area contributed by atoms with Gasteiger partial charge in [-0.15, -0.1) is 0 Å². The van der Waals surface area contributed by atoms with Crippen LogP contribution in [0.4, 0.5) is 0 Å². The summed E-state index contributed by atoms with van der Waals surface area (Å²) in [5.74, 6) is -1.58. The Morgan fingerprint density at radius 2 is 1.76 bits per heavy atom. The molecule has 0 fully saturated rings. The predicted octanol–water partition coefficient (Wildman–Crippen LogP) is 0.563. The van der Waals surface area contributed by atoms with E-state index in [1.165, 1.54) is 24.3 Å². The number of hydrogen-bond donors (Lipinski definition) is 3. The Morgan fingerprint density at radius 1 is 1.24 bits per heavy atom. The van der Waals surface area contributed by atoms with E-state index in [4.69, 9.17) is 10.2 Å². The molecule has 1 aromatic rings. The van der Waals surface area contributed by atoms with Gasteiger partial charge in [0.15, 0.2) is 0 Å². The third-order valence-corrected chi connectivity index (χ3v) is 3.68. The Hall–Kier alpha value is -1.93. The lowest BCUT2D eigenvalue weighted by atomic mass is 10.0. The van der Waals surface area contributed by atoms with Gasteiger partial charge in [0.2, 0.25) is 10.0 Å². The fraction of sp³-hybridized carbons (Fsp3) is 0.385. The molecular weight excluding hydrogens is 296 g/mol. The third kappa shape index (κ3) is 5.16. The van der Waals surface area contributed by atoms with Crippen LogP contribution in [0.3, 0.4) is 0 Å². The van der Waals surface area contributed by atoms with E-state index >= 15 is 0 Å². The monoisotopic (exact) mass is 314 g/mol. The highest BCUT2D eigenvalue weighted by atomic mass is 32.2. The van der Waals surface area contributed by atoms with E-state index in [9.17, 15) is 18.0 Å². The maximum atomic E-state index is 11.9. The molecular formula is C13H18N2O5S. The summed E-state index contributed by atoms with van der Waals surface area (Å²) < 4.78 is 22.2. The molecule has 0 saturated carbocycles. The van der Waals surface area contributed by atoms with Crippen LogP contribution in [0.5, 0.6) is 0 Å². The Labute approximate surface area is 123 Å². The molecule has 1 amide bonds. The molecule has 1 unspecified atom stereocenters. The fourth-order valence-corrected chi connectivity index (χ4v) is 2.25. The van der Waals surface area contributed by atoms with Gasteiger partial charge in [-0.3, -0.25) is 4.79 Å². The highest BCUT2D eigenvalue weighted by Crippen LogP contribution is 2.10. The molecule has 1 atom stereocenters. The van der Waals surface area contributed by atoms with Crippen molar-refractivity contribution in [2.45, 2.75) is 31.2 Å². The van der Waals surface area contributed by atoms with E-state index in [1.807, 2.05) is 13.8 Å². The Balaban J connectivity index is 2.86. The SMILES string of the molecule is CC(C)CC(NC(=O)c1ccc(S(N)(=O)=O)cc1)C(=O)O. The van der Waals surface area contributed by atoms with Crippen molar-refractivity contribution in [3.8, 4) is 0 Å². The summed E-state index contributed by atoms with van der Waals surface area (Å²) in [5.41, 5.74) is 0.164. The van der Waals surface area contributed by atoms with Crippen LogP contribution in [0.25, 0.3) is 0 Å². The summed E-state index contributed by atoms with van der Waals surface area (Å²) in [6, 6.07) is 3.97. The van der Waals surface area contributed by atoms with Crippen molar-refractivity contribution in [2.24, 2.45) is 11.1 Å². The predicted molar refractivity (Wildman–Crippen MR) is 76.2 cm³/mol. The molecule has 0 spiro atoms. The lowest BCUT2D eigenvalue weighted by molar-refractivity contribution is -0.139. The van der Waals surface area contributed by atoms with Crippen LogP contribution < -0.4 is 10.5 Å². The smallest absolute Gasteiger partial charge is 0.326 e. The number of carboxylic acid groups (broad SMARTS) is 1. The third-order valence-electron chi connectivity index (χ3n) is 2.76. The highest BCUT2D eigenvalue weighted by molar-refractivity contribution is 7.89. The largest absolute Gasteiger partial charge is 0.480 e. The van der Waals surface area contributed by atoms with Gasteiger partial charge in [0, 0.05) is 5.56 Å². The van der Waals surface area contributed by atoms with Crippen LogP contribution in [0.2, 0.25) is 0 Å². The first-order valence-corrected chi connectivity index (χ1v) is 7.82. The fourth-order valence-electron chi connectivity index (χ4n) is 1.73. The van der Waals surface area contributed by atoms with E-state index in [-0.39, 0.29) is 16.4 Å². The maximum absolute atomic E-state index is 11.9. The average molecular weight is 314 g/mol. The second-order valence-corrected chi connectivity index (χ2v) is 6.62. The Bertz CT molecular complexity index is 622. The van der Waals surface area contributed by atoms with Gasteiger partial charge in [-0.2, -0.15) is 0 Å². The van der Waals surface area contributed by atoms with Gasteiger partial charge in [0.25, 0.3) is 5.91 Å². The molecule has 116 valence electrons. The zero-order chi connectivity index (χ0) is 16.2. The van der Waals surface area contributed by atoms with Crippen LogP contribution >= 0.6 is 0 Å². The topological polar surface area (TPSA) is 127 Å². The minimum absolute atomic E-state index is 0.108. The molecule has 0 heterocycles. The summed E-state index contributed by atoms with van der Waals surface area (Å²) in [4.78, 5) is 22.9. The molecule has 21 heavy (non-hydrogen) atoms. The highest BCUT2D eigenvalue weighted by Gasteiger charge is 2.21. The van der Waals surface area contributed by atoms with Crippen molar-refractivity contribution in [1.82, 2.24) is 5.32 Å². The van der Waals surface area contributed by atoms with Crippen molar-refractivity contribution >= 4 is 21.9 Å². The number of primary sulfonamides is 1. The van der Waals surface area contributed by atoms with Crippen molar-refractivity contribution < 1.29 is 23.1 Å². The van der Waals surface area contributed by atoms with Gasteiger partial charge < -0.3 is 10.4 Å². The number of sulfonamides is 1. The number of carbonyl (C=O) groups is 2. The molecule has 0 bridgehead atoms. The zero-order valence-corrected chi connectivity index (χ0v) is 12.6. The van der Waals surface area contributed by atoms with Gasteiger partial charge in [0.1, 0.15) is 6.04 Å². The molecule has 0 aromatic heterocycles. The van der Waals surface area contributed by atoms with E-state index in [0.717, 1.165) is 0 Å². The maximum Gasteiger partial charge on any atom is 0.326 e. The minimum Gasteiger partial charge on any atom is -0.480 e. The lowest BCUT2D eigenvalue weighted by Crippen LogP contribution is -2.41. The number of rotatable bonds is 6. The summed E-state index contributed by atoms with van der Waals surface area (Å²) in [6.07, 6.45) is 0.302. The standard InChI is InChI=1S/C13H18N2O5S/c1-8(2)7-11(13(17)18)15-12(16)9-3-5-10(6-4-9)21(14,19)20/h3-6,8,11H,7H2,1-2H3,(H,15,16)(H,17,18)(H2,14,19,20). The van der Waals surface area contributed by atoms with E-state index in [1.54, 1.807) is 0 Å². The van der Waals surface area contributed by atoms with Gasteiger partial charge >= 0.3 is 5.97 Å². The van der Waals surface area contributed by atoms with Crippen molar-refractivity contribution in [1.29, 1.82) is 0 Å². The lowest BCUT2D eigenvalue weighted by Gasteiger charge is -2.16. The molecule has 0 aliphatic carbocycles. The average Bonchev–Trinajstić information content (AvgIpc) is 2.36. The number of benzene rings is 1. The Kier molecular flexibility index (Phi) is 5.45. The molecule has 0 aliphatic rings.